The lowest BCUT2D eigenvalue weighted by Crippen LogP contribution is -2.03. The summed E-state index contributed by atoms with van der Waals surface area (Å²) in [5.41, 5.74) is 1.77. The van der Waals surface area contributed by atoms with Crippen molar-refractivity contribution in [2.24, 2.45) is 0 Å². The third kappa shape index (κ3) is 3.09. The number of benzene rings is 2. The van der Waals surface area contributed by atoms with E-state index in [9.17, 15) is 4.79 Å². The van der Waals surface area contributed by atoms with Crippen molar-refractivity contribution in [1.82, 2.24) is 0 Å². The summed E-state index contributed by atoms with van der Waals surface area (Å²) < 4.78 is 0. The zero-order valence-electron chi connectivity index (χ0n) is 10.0. The lowest BCUT2D eigenvalue weighted by Gasteiger charge is -2.06. The first-order valence-corrected chi connectivity index (χ1v) is 6.05. The summed E-state index contributed by atoms with van der Waals surface area (Å²) in [6.45, 7) is 0. The summed E-state index contributed by atoms with van der Waals surface area (Å²) in [6.07, 6.45) is 2.94. The highest BCUT2D eigenvalue weighted by molar-refractivity contribution is 6.31. The number of rotatable bonds is 3. The van der Waals surface area contributed by atoms with Crippen LogP contribution in [-0.4, -0.2) is 5.78 Å². The molecule has 2 rings (SSSR count). The maximum absolute atomic E-state index is 12.4. The second-order valence-corrected chi connectivity index (χ2v) is 4.33. The molecule has 0 atom stereocenters. The van der Waals surface area contributed by atoms with E-state index in [4.69, 9.17) is 16.9 Å². The fourth-order valence-electron chi connectivity index (χ4n) is 1.74. The van der Waals surface area contributed by atoms with Crippen molar-refractivity contribution in [2.45, 2.75) is 0 Å². The van der Waals surface area contributed by atoms with Gasteiger partial charge in [-0.05, 0) is 23.8 Å². The predicted molar refractivity (Wildman–Crippen MR) is 76.0 cm³/mol. The standard InChI is InChI=1S/C16H10ClNO/c17-14-9-8-12(7-4-10-18)15(11-14)16(19)13-5-2-1-3-6-13/h1-9,11H/b7-4+. The maximum Gasteiger partial charge on any atom is 0.193 e. The van der Waals surface area contributed by atoms with Gasteiger partial charge in [0.1, 0.15) is 0 Å². The minimum atomic E-state index is -0.110. The van der Waals surface area contributed by atoms with E-state index in [1.165, 1.54) is 6.08 Å². The normalized spacial score (nSPS) is 10.3. The Bertz CT molecular complexity index is 669. The molecule has 0 aliphatic rings. The van der Waals surface area contributed by atoms with Gasteiger partial charge >= 0.3 is 0 Å². The Morgan fingerprint density at radius 2 is 1.89 bits per heavy atom. The van der Waals surface area contributed by atoms with Crippen LogP contribution in [0.5, 0.6) is 0 Å². The van der Waals surface area contributed by atoms with Crippen LogP contribution >= 0.6 is 11.6 Å². The molecule has 0 saturated carbocycles. The van der Waals surface area contributed by atoms with E-state index >= 15 is 0 Å². The molecule has 0 fully saturated rings. The first-order chi connectivity index (χ1) is 9.22. The second kappa shape index (κ2) is 5.99. The lowest BCUT2D eigenvalue weighted by atomic mass is 9.98. The molecular weight excluding hydrogens is 258 g/mol. The van der Waals surface area contributed by atoms with Gasteiger partial charge in [-0.2, -0.15) is 5.26 Å². The van der Waals surface area contributed by atoms with E-state index in [0.717, 1.165) is 0 Å². The zero-order chi connectivity index (χ0) is 13.7. The van der Waals surface area contributed by atoms with Gasteiger partial charge in [-0.3, -0.25) is 4.79 Å². The predicted octanol–water partition coefficient (Wildman–Crippen LogP) is 4.11. The van der Waals surface area contributed by atoms with E-state index < -0.39 is 0 Å². The monoisotopic (exact) mass is 267 g/mol. The molecule has 0 aromatic heterocycles. The average Bonchev–Trinajstić information content (AvgIpc) is 2.46. The van der Waals surface area contributed by atoms with Gasteiger partial charge in [0.05, 0.1) is 6.07 Å². The first-order valence-electron chi connectivity index (χ1n) is 5.68. The fraction of sp³-hybridized carbons (Fsp3) is 0. The molecule has 19 heavy (non-hydrogen) atoms. The number of carbonyl (C=O) groups is 1. The first kappa shape index (κ1) is 13.1. The SMILES string of the molecule is N#C/C=C/c1ccc(Cl)cc1C(=O)c1ccccc1. The minimum absolute atomic E-state index is 0.110. The number of hydrogen-bond donors (Lipinski definition) is 0. The molecule has 2 nitrogen and oxygen atoms in total. The molecule has 0 N–H and O–H groups in total. The highest BCUT2D eigenvalue weighted by Crippen LogP contribution is 2.20. The highest BCUT2D eigenvalue weighted by atomic mass is 35.5. The van der Waals surface area contributed by atoms with E-state index in [1.54, 1.807) is 36.4 Å². The number of carbonyl (C=O) groups excluding carboxylic acids is 1. The van der Waals surface area contributed by atoms with Crippen LogP contribution in [-0.2, 0) is 0 Å². The quantitative estimate of drug-likeness (QED) is 0.620. The van der Waals surface area contributed by atoms with E-state index in [1.807, 2.05) is 24.3 Å². The molecule has 0 bridgehead atoms. The van der Waals surface area contributed by atoms with Gasteiger partial charge in [0.2, 0.25) is 0 Å². The van der Waals surface area contributed by atoms with Gasteiger partial charge in [-0.25, -0.2) is 0 Å². The highest BCUT2D eigenvalue weighted by Gasteiger charge is 2.12. The van der Waals surface area contributed by atoms with E-state index in [0.29, 0.717) is 21.7 Å². The summed E-state index contributed by atoms with van der Waals surface area (Å²) in [5, 5.41) is 9.07. The number of nitrogens with zero attached hydrogens (tertiary/aromatic N) is 1. The van der Waals surface area contributed by atoms with Gasteiger partial charge in [0.15, 0.2) is 5.78 Å². The molecule has 0 unspecified atom stereocenters. The van der Waals surface area contributed by atoms with Crippen molar-refractivity contribution in [1.29, 1.82) is 5.26 Å². The van der Waals surface area contributed by atoms with Gasteiger partial charge in [0, 0.05) is 22.2 Å². The zero-order valence-corrected chi connectivity index (χ0v) is 10.8. The maximum atomic E-state index is 12.4. The Morgan fingerprint density at radius 3 is 2.58 bits per heavy atom. The number of hydrogen-bond acceptors (Lipinski definition) is 2. The van der Waals surface area contributed by atoms with Crippen molar-refractivity contribution < 1.29 is 4.79 Å². The van der Waals surface area contributed by atoms with Crippen molar-refractivity contribution in [3.63, 3.8) is 0 Å². The molecule has 0 radical (unpaired) electrons. The van der Waals surface area contributed by atoms with Crippen molar-refractivity contribution in [3.05, 3.63) is 76.3 Å². The third-order valence-corrected chi connectivity index (χ3v) is 2.87. The summed E-state index contributed by atoms with van der Waals surface area (Å²) in [5.74, 6) is -0.110. The van der Waals surface area contributed by atoms with E-state index in [2.05, 4.69) is 0 Å². The van der Waals surface area contributed by atoms with Crippen LogP contribution in [0.4, 0.5) is 0 Å². The molecule has 2 aromatic carbocycles. The Balaban J connectivity index is 2.49. The summed E-state index contributed by atoms with van der Waals surface area (Å²) in [4.78, 5) is 12.4. The smallest absolute Gasteiger partial charge is 0.193 e. The number of halogens is 1. The van der Waals surface area contributed by atoms with Crippen LogP contribution in [0.2, 0.25) is 5.02 Å². The summed E-state index contributed by atoms with van der Waals surface area (Å²) in [7, 11) is 0. The van der Waals surface area contributed by atoms with Crippen LogP contribution in [0.1, 0.15) is 21.5 Å². The molecule has 0 aliphatic carbocycles. The molecule has 3 heteroatoms. The van der Waals surface area contributed by atoms with Crippen molar-refractivity contribution in [3.8, 4) is 6.07 Å². The van der Waals surface area contributed by atoms with Gasteiger partial charge in [-0.1, -0.05) is 48.0 Å². The molecule has 0 amide bonds. The Hall–Kier alpha value is -2.37. The number of ketones is 1. The number of nitriles is 1. The Morgan fingerprint density at radius 1 is 1.16 bits per heavy atom. The largest absolute Gasteiger partial charge is 0.289 e. The lowest BCUT2D eigenvalue weighted by molar-refractivity contribution is 0.103. The third-order valence-electron chi connectivity index (χ3n) is 2.63. The molecular formula is C16H10ClNO. The number of allylic oxidation sites excluding steroid dienone is 1. The molecule has 0 spiro atoms. The van der Waals surface area contributed by atoms with Crippen LogP contribution in [0.15, 0.2) is 54.6 Å². The van der Waals surface area contributed by atoms with Gasteiger partial charge in [0.25, 0.3) is 0 Å². The van der Waals surface area contributed by atoms with Crippen LogP contribution in [0, 0.1) is 11.3 Å². The summed E-state index contributed by atoms with van der Waals surface area (Å²) >= 11 is 5.94. The molecule has 0 heterocycles. The van der Waals surface area contributed by atoms with Gasteiger partial charge < -0.3 is 0 Å². The fourth-order valence-corrected chi connectivity index (χ4v) is 1.91. The second-order valence-electron chi connectivity index (χ2n) is 3.89. The average molecular weight is 268 g/mol. The van der Waals surface area contributed by atoms with Crippen molar-refractivity contribution >= 4 is 23.5 Å². The molecule has 2 aromatic rings. The van der Waals surface area contributed by atoms with Crippen LogP contribution in [0.3, 0.4) is 0 Å². The van der Waals surface area contributed by atoms with Crippen molar-refractivity contribution in [2.75, 3.05) is 0 Å². The molecule has 0 saturated heterocycles. The molecule has 0 aliphatic heterocycles. The van der Waals surface area contributed by atoms with Gasteiger partial charge in [-0.15, -0.1) is 0 Å². The minimum Gasteiger partial charge on any atom is -0.289 e. The van der Waals surface area contributed by atoms with Crippen LogP contribution in [0.25, 0.3) is 6.08 Å². The Labute approximate surface area is 116 Å². The van der Waals surface area contributed by atoms with E-state index in [-0.39, 0.29) is 5.78 Å². The summed E-state index contributed by atoms with van der Waals surface area (Å²) in [6, 6.07) is 15.9. The molecule has 92 valence electrons. The topological polar surface area (TPSA) is 40.9 Å². The van der Waals surface area contributed by atoms with Crippen LogP contribution < -0.4 is 0 Å². The Kier molecular flexibility index (Phi) is 4.12.